The minimum absolute atomic E-state index is 0.513. The minimum atomic E-state index is 0.513. The molecule has 0 saturated carbocycles. The van der Waals surface area contributed by atoms with E-state index in [-0.39, 0.29) is 0 Å². The Kier molecular flexibility index (Phi) is 3.97. The maximum Gasteiger partial charge on any atom is 0.126 e. The van der Waals surface area contributed by atoms with E-state index in [1.807, 2.05) is 18.2 Å². The number of rotatable bonds is 3. The highest BCUT2D eigenvalue weighted by molar-refractivity contribution is 7.80. The number of hydrogen-bond donors (Lipinski definition) is 1. The number of methoxy groups -OCH3 is 1. The largest absolute Gasteiger partial charge is 0.496 e. The van der Waals surface area contributed by atoms with Crippen LogP contribution in [-0.2, 0) is 0 Å². The molecule has 0 radical (unpaired) electrons. The highest BCUT2D eigenvalue weighted by atomic mass is 32.1. The van der Waals surface area contributed by atoms with Crippen molar-refractivity contribution in [2.24, 2.45) is 0 Å². The van der Waals surface area contributed by atoms with Crippen molar-refractivity contribution in [2.75, 3.05) is 7.11 Å². The molecule has 0 spiro atoms. The zero-order valence-electron chi connectivity index (χ0n) is 11.0. The van der Waals surface area contributed by atoms with Crippen molar-refractivity contribution in [3.8, 4) is 16.9 Å². The lowest BCUT2D eigenvalue weighted by Crippen LogP contribution is -1.92. The molecule has 0 bridgehead atoms. The van der Waals surface area contributed by atoms with Crippen molar-refractivity contribution < 1.29 is 4.74 Å². The number of benzene rings is 2. The van der Waals surface area contributed by atoms with Crippen molar-refractivity contribution in [3.63, 3.8) is 0 Å². The molecule has 0 amide bonds. The first-order valence-electron chi connectivity index (χ1n) is 6.09. The summed E-state index contributed by atoms with van der Waals surface area (Å²) in [6, 6.07) is 14.5. The van der Waals surface area contributed by atoms with Crippen molar-refractivity contribution >= 4 is 12.6 Å². The van der Waals surface area contributed by atoms with E-state index in [1.54, 1.807) is 7.11 Å². The minimum Gasteiger partial charge on any atom is -0.496 e. The van der Waals surface area contributed by atoms with Gasteiger partial charge in [-0.3, -0.25) is 0 Å². The Morgan fingerprint density at radius 2 is 1.67 bits per heavy atom. The van der Waals surface area contributed by atoms with Gasteiger partial charge in [0.2, 0.25) is 0 Å². The van der Waals surface area contributed by atoms with Crippen LogP contribution >= 0.6 is 12.6 Å². The van der Waals surface area contributed by atoms with Gasteiger partial charge in [-0.2, -0.15) is 0 Å². The van der Waals surface area contributed by atoms with Gasteiger partial charge in [0.05, 0.1) is 7.11 Å². The molecular formula is C16H18OS. The van der Waals surface area contributed by atoms with Gasteiger partial charge >= 0.3 is 0 Å². The van der Waals surface area contributed by atoms with Crippen LogP contribution in [0.3, 0.4) is 0 Å². The summed E-state index contributed by atoms with van der Waals surface area (Å²) in [5.41, 5.74) is 3.62. The Balaban J connectivity index is 2.53. The molecule has 0 N–H and O–H groups in total. The van der Waals surface area contributed by atoms with Crippen LogP contribution < -0.4 is 4.74 Å². The summed E-state index contributed by atoms with van der Waals surface area (Å²) in [4.78, 5) is 0.970. The van der Waals surface area contributed by atoms with E-state index in [9.17, 15) is 0 Å². The Morgan fingerprint density at radius 1 is 1.00 bits per heavy atom. The van der Waals surface area contributed by atoms with E-state index in [4.69, 9.17) is 4.74 Å². The van der Waals surface area contributed by atoms with E-state index in [1.165, 1.54) is 5.56 Å². The van der Waals surface area contributed by atoms with Crippen LogP contribution in [0.15, 0.2) is 47.4 Å². The topological polar surface area (TPSA) is 9.23 Å². The molecule has 0 aromatic heterocycles. The first kappa shape index (κ1) is 13.0. The molecule has 0 aliphatic carbocycles. The Hall–Kier alpha value is -1.41. The second kappa shape index (κ2) is 5.49. The van der Waals surface area contributed by atoms with Crippen LogP contribution in [0.1, 0.15) is 25.3 Å². The normalized spacial score (nSPS) is 10.7. The number of hydrogen-bond acceptors (Lipinski definition) is 2. The average molecular weight is 258 g/mol. The zero-order valence-corrected chi connectivity index (χ0v) is 11.9. The van der Waals surface area contributed by atoms with Gasteiger partial charge in [-0.15, -0.1) is 12.6 Å². The molecule has 2 aromatic carbocycles. The van der Waals surface area contributed by atoms with Crippen molar-refractivity contribution in [2.45, 2.75) is 24.7 Å². The van der Waals surface area contributed by atoms with E-state index in [0.717, 1.165) is 21.8 Å². The summed E-state index contributed by atoms with van der Waals surface area (Å²) >= 11 is 4.31. The molecule has 0 heterocycles. The Morgan fingerprint density at radius 3 is 2.22 bits per heavy atom. The third-order valence-corrected chi connectivity index (χ3v) is 3.37. The van der Waals surface area contributed by atoms with Crippen molar-refractivity contribution in [1.29, 1.82) is 0 Å². The average Bonchev–Trinajstić information content (AvgIpc) is 2.39. The molecular weight excluding hydrogens is 240 g/mol. The molecule has 2 rings (SSSR count). The lowest BCUT2D eigenvalue weighted by molar-refractivity contribution is 0.416. The van der Waals surface area contributed by atoms with Gasteiger partial charge in [-0.25, -0.2) is 0 Å². The Labute approximate surface area is 114 Å². The van der Waals surface area contributed by atoms with Crippen molar-refractivity contribution in [3.05, 3.63) is 48.0 Å². The Bertz CT molecular complexity index is 529. The summed E-state index contributed by atoms with van der Waals surface area (Å²) in [6.07, 6.45) is 0. The van der Waals surface area contributed by atoms with E-state index >= 15 is 0 Å². The van der Waals surface area contributed by atoms with E-state index in [0.29, 0.717) is 5.92 Å². The predicted molar refractivity (Wildman–Crippen MR) is 79.8 cm³/mol. The van der Waals surface area contributed by atoms with Crippen LogP contribution in [0.2, 0.25) is 0 Å². The number of thiol groups is 1. The fourth-order valence-electron chi connectivity index (χ4n) is 1.95. The van der Waals surface area contributed by atoms with Gasteiger partial charge < -0.3 is 4.74 Å². The summed E-state index contributed by atoms with van der Waals surface area (Å²) in [5.74, 6) is 1.42. The lowest BCUT2D eigenvalue weighted by atomic mass is 9.96. The molecule has 0 unspecified atom stereocenters. The van der Waals surface area contributed by atoms with Crippen LogP contribution in [-0.4, -0.2) is 7.11 Å². The first-order chi connectivity index (χ1) is 8.61. The van der Waals surface area contributed by atoms with Crippen LogP contribution in [0.4, 0.5) is 0 Å². The highest BCUT2D eigenvalue weighted by Crippen LogP contribution is 2.33. The molecule has 2 aromatic rings. The fraction of sp³-hybridized carbons (Fsp3) is 0.250. The summed E-state index contributed by atoms with van der Waals surface area (Å²) < 4.78 is 5.45. The highest BCUT2D eigenvalue weighted by Gasteiger charge is 2.08. The van der Waals surface area contributed by atoms with Gasteiger partial charge in [-0.1, -0.05) is 32.0 Å². The molecule has 2 heteroatoms. The molecule has 94 valence electrons. The zero-order chi connectivity index (χ0) is 13.1. The summed E-state index contributed by atoms with van der Waals surface area (Å²) in [6.45, 7) is 4.39. The van der Waals surface area contributed by atoms with E-state index in [2.05, 4.69) is 50.7 Å². The molecule has 0 saturated heterocycles. The van der Waals surface area contributed by atoms with E-state index < -0.39 is 0 Å². The standard InChI is InChI=1S/C16H18OS/c1-11(2)13-6-9-16(17-3)15(10-13)12-4-7-14(18)8-5-12/h4-11,18H,1-3H3. The second-order valence-electron chi connectivity index (χ2n) is 4.66. The van der Waals surface area contributed by atoms with Gasteiger partial charge in [-0.05, 0) is 41.3 Å². The lowest BCUT2D eigenvalue weighted by Gasteiger charge is -2.13. The third-order valence-electron chi connectivity index (χ3n) is 3.07. The molecule has 0 atom stereocenters. The molecule has 0 fully saturated rings. The fourth-order valence-corrected chi connectivity index (χ4v) is 2.10. The molecule has 1 nitrogen and oxygen atoms in total. The van der Waals surface area contributed by atoms with Gasteiger partial charge in [0.1, 0.15) is 5.75 Å². The third kappa shape index (κ3) is 2.70. The van der Waals surface area contributed by atoms with Crippen LogP contribution in [0, 0.1) is 0 Å². The molecule has 18 heavy (non-hydrogen) atoms. The van der Waals surface area contributed by atoms with Gasteiger partial charge in [0, 0.05) is 10.5 Å². The van der Waals surface area contributed by atoms with Gasteiger partial charge in [0.15, 0.2) is 0 Å². The summed E-state index contributed by atoms with van der Waals surface area (Å²) in [5, 5.41) is 0. The maximum atomic E-state index is 5.45. The SMILES string of the molecule is COc1ccc(C(C)C)cc1-c1ccc(S)cc1. The predicted octanol–water partition coefficient (Wildman–Crippen LogP) is 4.77. The van der Waals surface area contributed by atoms with Crippen LogP contribution in [0.25, 0.3) is 11.1 Å². The summed E-state index contributed by atoms with van der Waals surface area (Å²) in [7, 11) is 1.71. The van der Waals surface area contributed by atoms with Gasteiger partial charge in [0.25, 0.3) is 0 Å². The second-order valence-corrected chi connectivity index (χ2v) is 5.18. The molecule has 0 aliphatic rings. The number of ether oxygens (including phenoxy) is 1. The molecule has 0 aliphatic heterocycles. The maximum absolute atomic E-state index is 5.45. The monoisotopic (exact) mass is 258 g/mol. The smallest absolute Gasteiger partial charge is 0.126 e. The van der Waals surface area contributed by atoms with Crippen LogP contribution in [0.5, 0.6) is 5.75 Å². The first-order valence-corrected chi connectivity index (χ1v) is 6.54. The van der Waals surface area contributed by atoms with Crippen molar-refractivity contribution in [1.82, 2.24) is 0 Å². The quantitative estimate of drug-likeness (QED) is 0.780.